The molecule has 2 amide bonds. The highest BCUT2D eigenvalue weighted by atomic mass is 16.2. The molecule has 0 saturated heterocycles. The molecule has 3 heterocycles. The summed E-state index contributed by atoms with van der Waals surface area (Å²) in [6.07, 6.45) is 26.3. The number of aromatic nitrogens is 4. The maximum absolute atomic E-state index is 12.8. The maximum atomic E-state index is 12.8. The Morgan fingerprint density at radius 3 is 2.05 bits per heavy atom. The zero-order chi connectivity index (χ0) is 28.7. The van der Waals surface area contributed by atoms with Crippen molar-refractivity contribution in [2.24, 2.45) is 0 Å². The molecule has 0 radical (unpaired) electrons. The second kappa shape index (κ2) is 16.4. The molecule has 218 valence electrons. The van der Waals surface area contributed by atoms with Gasteiger partial charge in [-0.1, -0.05) is 84.0 Å². The fourth-order valence-corrected chi connectivity index (χ4v) is 5.03. The SMILES string of the molecule is CCCCCCCCCCCCCCCC(=O)Nc1ccc(C(=O)Nc2cn3cc(-n4ccnc4)ccc3n2)cc1. The number of unbranched alkanes of at least 4 members (excludes halogenated alkanes) is 12. The minimum absolute atomic E-state index is 0.0186. The van der Waals surface area contributed by atoms with Gasteiger partial charge in [0.1, 0.15) is 5.65 Å². The number of hydrogen-bond acceptors (Lipinski definition) is 4. The second-order valence-electron chi connectivity index (χ2n) is 10.8. The molecule has 2 N–H and O–H groups in total. The van der Waals surface area contributed by atoms with Crippen LogP contribution in [-0.4, -0.2) is 30.8 Å². The minimum Gasteiger partial charge on any atom is -0.326 e. The molecule has 4 rings (SSSR count). The number of fused-ring (bicyclic) bond motifs is 1. The van der Waals surface area contributed by atoms with Crippen LogP contribution >= 0.6 is 0 Å². The van der Waals surface area contributed by atoms with Crippen LogP contribution in [0.15, 0.2) is 67.5 Å². The lowest BCUT2D eigenvalue weighted by atomic mass is 10.0. The van der Waals surface area contributed by atoms with Gasteiger partial charge >= 0.3 is 0 Å². The molecule has 0 unspecified atom stereocenters. The van der Waals surface area contributed by atoms with Gasteiger partial charge in [0.05, 0.1) is 18.2 Å². The number of amides is 2. The number of imidazole rings is 2. The molecular weight excluding hydrogens is 512 g/mol. The number of hydrogen-bond donors (Lipinski definition) is 2. The first-order chi connectivity index (χ1) is 20.1. The Hall–Kier alpha value is -3.94. The van der Waals surface area contributed by atoms with Crippen LogP contribution in [0.4, 0.5) is 11.5 Å². The monoisotopic (exact) mass is 556 g/mol. The molecular formula is C33H44N6O2. The van der Waals surface area contributed by atoms with E-state index in [4.69, 9.17) is 0 Å². The van der Waals surface area contributed by atoms with E-state index in [-0.39, 0.29) is 11.8 Å². The highest BCUT2D eigenvalue weighted by Gasteiger charge is 2.10. The summed E-state index contributed by atoms with van der Waals surface area (Å²) in [6, 6.07) is 10.8. The average molecular weight is 557 g/mol. The third kappa shape index (κ3) is 9.88. The molecule has 0 aliphatic carbocycles. The molecule has 4 aromatic rings. The first kappa shape index (κ1) is 30.0. The summed E-state index contributed by atoms with van der Waals surface area (Å²) in [5.41, 5.74) is 2.86. The molecule has 3 aromatic heterocycles. The fourth-order valence-electron chi connectivity index (χ4n) is 5.03. The van der Waals surface area contributed by atoms with Crippen molar-refractivity contribution in [3.05, 3.63) is 73.1 Å². The molecule has 8 heteroatoms. The van der Waals surface area contributed by atoms with Crippen molar-refractivity contribution in [1.29, 1.82) is 0 Å². The molecule has 41 heavy (non-hydrogen) atoms. The zero-order valence-corrected chi connectivity index (χ0v) is 24.4. The van der Waals surface area contributed by atoms with Crippen LogP contribution in [-0.2, 0) is 4.79 Å². The Kier molecular flexibility index (Phi) is 12.0. The van der Waals surface area contributed by atoms with E-state index in [0.717, 1.165) is 24.2 Å². The molecule has 0 spiro atoms. The van der Waals surface area contributed by atoms with Gasteiger partial charge < -0.3 is 19.6 Å². The van der Waals surface area contributed by atoms with Gasteiger partial charge in [-0.25, -0.2) is 9.97 Å². The number of rotatable bonds is 18. The summed E-state index contributed by atoms with van der Waals surface area (Å²) in [5, 5.41) is 5.80. The summed E-state index contributed by atoms with van der Waals surface area (Å²) in [6.45, 7) is 2.26. The zero-order valence-electron chi connectivity index (χ0n) is 24.4. The Labute approximate surface area is 243 Å². The van der Waals surface area contributed by atoms with Crippen molar-refractivity contribution >= 4 is 29.0 Å². The molecule has 8 nitrogen and oxygen atoms in total. The lowest BCUT2D eigenvalue weighted by Gasteiger charge is -2.07. The fraction of sp³-hybridized carbons (Fsp3) is 0.455. The topological polar surface area (TPSA) is 93.3 Å². The van der Waals surface area contributed by atoms with E-state index in [0.29, 0.717) is 23.5 Å². The number of anilines is 2. The molecule has 0 saturated carbocycles. The van der Waals surface area contributed by atoms with Crippen LogP contribution < -0.4 is 10.6 Å². The molecule has 0 aliphatic rings. The van der Waals surface area contributed by atoms with E-state index < -0.39 is 0 Å². The summed E-state index contributed by atoms with van der Waals surface area (Å²) < 4.78 is 3.76. The number of pyridine rings is 1. The Morgan fingerprint density at radius 2 is 1.41 bits per heavy atom. The van der Waals surface area contributed by atoms with Gasteiger partial charge in [-0.2, -0.15) is 0 Å². The van der Waals surface area contributed by atoms with Crippen LogP contribution in [0, 0.1) is 0 Å². The van der Waals surface area contributed by atoms with E-state index in [1.54, 1.807) is 43.0 Å². The van der Waals surface area contributed by atoms with E-state index >= 15 is 0 Å². The second-order valence-corrected chi connectivity index (χ2v) is 10.8. The maximum Gasteiger partial charge on any atom is 0.256 e. The van der Waals surface area contributed by atoms with Crippen LogP contribution in [0.5, 0.6) is 0 Å². The van der Waals surface area contributed by atoms with Crippen LogP contribution in [0.25, 0.3) is 11.3 Å². The third-order valence-electron chi connectivity index (χ3n) is 7.42. The van der Waals surface area contributed by atoms with E-state index in [2.05, 4.69) is 27.5 Å². The van der Waals surface area contributed by atoms with Crippen molar-refractivity contribution < 1.29 is 9.59 Å². The summed E-state index contributed by atoms with van der Waals surface area (Å²) in [5.74, 6) is 0.228. The summed E-state index contributed by atoms with van der Waals surface area (Å²) in [4.78, 5) is 33.7. The lowest BCUT2D eigenvalue weighted by Crippen LogP contribution is -2.13. The highest BCUT2D eigenvalue weighted by Crippen LogP contribution is 2.17. The van der Waals surface area contributed by atoms with Gasteiger partial charge in [0.25, 0.3) is 5.91 Å². The predicted molar refractivity (Wildman–Crippen MR) is 166 cm³/mol. The number of nitrogens with one attached hydrogen (secondary N) is 2. The Morgan fingerprint density at radius 1 is 0.756 bits per heavy atom. The number of nitrogens with zero attached hydrogens (tertiary/aromatic N) is 4. The minimum atomic E-state index is -0.256. The van der Waals surface area contributed by atoms with E-state index in [1.807, 2.05) is 33.5 Å². The van der Waals surface area contributed by atoms with Gasteiger partial charge in [-0.3, -0.25) is 9.59 Å². The average Bonchev–Trinajstić information content (AvgIpc) is 3.65. The molecule has 0 aliphatic heterocycles. The van der Waals surface area contributed by atoms with Crippen LogP contribution in [0.1, 0.15) is 107 Å². The van der Waals surface area contributed by atoms with E-state index in [1.165, 1.54) is 70.6 Å². The van der Waals surface area contributed by atoms with Crippen LogP contribution in [0.2, 0.25) is 0 Å². The molecule has 1 aromatic carbocycles. The first-order valence-electron chi connectivity index (χ1n) is 15.3. The van der Waals surface area contributed by atoms with Gasteiger partial charge in [0.15, 0.2) is 5.82 Å². The highest BCUT2D eigenvalue weighted by molar-refractivity contribution is 6.04. The normalized spacial score (nSPS) is 11.1. The van der Waals surface area contributed by atoms with Gasteiger partial charge in [0, 0.05) is 36.3 Å². The molecule has 0 fully saturated rings. The summed E-state index contributed by atoms with van der Waals surface area (Å²) in [7, 11) is 0. The smallest absolute Gasteiger partial charge is 0.256 e. The van der Waals surface area contributed by atoms with Gasteiger partial charge in [-0.15, -0.1) is 0 Å². The standard InChI is InChI=1S/C33H44N6O2/c1-2-3-4-5-6-7-8-9-10-11-12-13-14-15-32(40)35-28-18-16-27(17-19-28)33(41)37-30-25-39-24-29(20-21-31(39)36-30)38-23-22-34-26-38/h16-26H,2-15H2,1H3,(H,35,40)(H,37,41). The van der Waals surface area contributed by atoms with Gasteiger partial charge in [-0.05, 0) is 42.8 Å². The van der Waals surface area contributed by atoms with Gasteiger partial charge in [0.2, 0.25) is 5.91 Å². The van der Waals surface area contributed by atoms with Crippen molar-refractivity contribution in [2.75, 3.05) is 10.6 Å². The quantitative estimate of drug-likeness (QED) is 0.121. The van der Waals surface area contributed by atoms with Crippen molar-refractivity contribution in [3.8, 4) is 5.69 Å². The van der Waals surface area contributed by atoms with E-state index in [9.17, 15) is 9.59 Å². The molecule has 0 bridgehead atoms. The predicted octanol–water partition coefficient (Wildman–Crippen LogP) is 8.19. The largest absolute Gasteiger partial charge is 0.326 e. The van der Waals surface area contributed by atoms with Crippen molar-refractivity contribution in [2.45, 2.75) is 96.8 Å². The number of carbonyl (C=O) groups is 2. The van der Waals surface area contributed by atoms with Crippen molar-refractivity contribution in [1.82, 2.24) is 18.9 Å². The number of carbonyl (C=O) groups excluding carboxylic acids is 2. The lowest BCUT2D eigenvalue weighted by molar-refractivity contribution is -0.116. The Bertz CT molecular complexity index is 1340. The third-order valence-corrected chi connectivity index (χ3v) is 7.42. The first-order valence-corrected chi connectivity index (χ1v) is 15.3. The summed E-state index contributed by atoms with van der Waals surface area (Å²) >= 11 is 0. The van der Waals surface area contributed by atoms with Crippen LogP contribution in [0.3, 0.4) is 0 Å². The Balaban J connectivity index is 1.10. The number of benzene rings is 1. The molecule has 0 atom stereocenters. The van der Waals surface area contributed by atoms with Crippen molar-refractivity contribution in [3.63, 3.8) is 0 Å².